The summed E-state index contributed by atoms with van der Waals surface area (Å²) in [6, 6.07) is 9.89. The number of carbonyl (C=O) groups is 1. The summed E-state index contributed by atoms with van der Waals surface area (Å²) < 4.78 is 1.21. The predicted octanol–water partition coefficient (Wildman–Crippen LogP) is 3.71. The van der Waals surface area contributed by atoms with E-state index in [1.807, 2.05) is 48.5 Å². The van der Waals surface area contributed by atoms with Crippen molar-refractivity contribution in [3.05, 3.63) is 35.2 Å². The second kappa shape index (κ2) is 6.65. The van der Waals surface area contributed by atoms with E-state index in [2.05, 4.69) is 6.07 Å². The van der Waals surface area contributed by atoms with Crippen molar-refractivity contribution in [2.75, 3.05) is 13.6 Å². The van der Waals surface area contributed by atoms with E-state index in [0.29, 0.717) is 6.42 Å². The van der Waals surface area contributed by atoms with E-state index in [0.717, 1.165) is 23.9 Å². The highest BCUT2D eigenvalue weighted by Crippen LogP contribution is 2.22. The topological polar surface area (TPSA) is 44.1 Å². The molecule has 104 valence electrons. The highest BCUT2D eigenvalue weighted by molar-refractivity contribution is 7.17. The molecular weight excluding hydrogens is 268 g/mol. The molecule has 0 saturated carbocycles. The van der Waals surface area contributed by atoms with Gasteiger partial charge in [0.15, 0.2) is 5.78 Å². The number of rotatable bonds is 6. The molecule has 1 aromatic carbocycles. The minimum atomic E-state index is -0.162. The van der Waals surface area contributed by atoms with Crippen LogP contribution in [0.2, 0.25) is 0 Å². The molecule has 20 heavy (non-hydrogen) atoms. The number of hydrogen-bond acceptors (Lipinski definition) is 4. The number of fused-ring (bicyclic) bond motifs is 1. The van der Waals surface area contributed by atoms with Crippen molar-refractivity contribution in [3.8, 4) is 6.07 Å². The molecule has 0 fully saturated rings. The minimum Gasteiger partial charge on any atom is -0.297 e. The zero-order valence-electron chi connectivity index (χ0n) is 11.8. The summed E-state index contributed by atoms with van der Waals surface area (Å²) in [6.45, 7) is 2.69. The fourth-order valence-corrected chi connectivity index (χ4v) is 2.93. The van der Waals surface area contributed by atoms with Crippen molar-refractivity contribution in [1.29, 1.82) is 5.26 Å². The third-order valence-corrected chi connectivity index (χ3v) is 4.47. The molecule has 0 N–H and O–H groups in total. The average Bonchev–Trinajstić information content (AvgIpc) is 2.93. The molecule has 1 heterocycles. The van der Waals surface area contributed by atoms with E-state index in [-0.39, 0.29) is 11.8 Å². The fourth-order valence-electron chi connectivity index (χ4n) is 2.16. The van der Waals surface area contributed by atoms with Crippen LogP contribution < -0.4 is 0 Å². The average molecular weight is 286 g/mol. The molecule has 0 saturated heterocycles. The maximum atomic E-state index is 12.5. The quantitative estimate of drug-likeness (QED) is 0.600. The first-order chi connectivity index (χ1) is 9.63. The van der Waals surface area contributed by atoms with Gasteiger partial charge < -0.3 is 0 Å². The summed E-state index contributed by atoms with van der Waals surface area (Å²) in [6.07, 6.45) is 1.33. The van der Waals surface area contributed by atoms with E-state index in [9.17, 15) is 4.79 Å². The van der Waals surface area contributed by atoms with Crippen molar-refractivity contribution in [3.63, 3.8) is 0 Å². The number of thiophene rings is 1. The summed E-state index contributed by atoms with van der Waals surface area (Å²) in [5, 5.41) is 11.7. The predicted molar refractivity (Wildman–Crippen MR) is 83.1 cm³/mol. The van der Waals surface area contributed by atoms with Gasteiger partial charge in [-0.1, -0.05) is 0 Å². The lowest BCUT2D eigenvalue weighted by Gasteiger charge is -2.23. The van der Waals surface area contributed by atoms with E-state index in [1.165, 1.54) is 4.70 Å². The summed E-state index contributed by atoms with van der Waals surface area (Å²) >= 11 is 1.68. The molecule has 0 aliphatic heterocycles. The first-order valence-electron chi connectivity index (χ1n) is 6.72. The number of benzene rings is 1. The van der Waals surface area contributed by atoms with E-state index in [4.69, 9.17) is 5.26 Å². The van der Waals surface area contributed by atoms with Gasteiger partial charge in [-0.05, 0) is 62.0 Å². The summed E-state index contributed by atoms with van der Waals surface area (Å²) in [7, 11) is 1.93. The number of nitrogens with zero attached hydrogens (tertiary/aromatic N) is 2. The number of carbonyl (C=O) groups excluding carboxylic acids is 1. The normalized spacial score (nSPS) is 12.5. The van der Waals surface area contributed by atoms with Gasteiger partial charge in [0.1, 0.15) is 0 Å². The molecule has 2 rings (SSSR count). The Kier molecular flexibility index (Phi) is 4.89. The Hall–Kier alpha value is -1.70. The van der Waals surface area contributed by atoms with Gasteiger partial charge in [0, 0.05) is 16.7 Å². The second-order valence-electron chi connectivity index (χ2n) is 4.96. The van der Waals surface area contributed by atoms with E-state index < -0.39 is 0 Å². The lowest BCUT2D eigenvalue weighted by Crippen LogP contribution is -2.36. The summed E-state index contributed by atoms with van der Waals surface area (Å²) in [5.41, 5.74) is 0.760. The van der Waals surface area contributed by atoms with Crippen LogP contribution >= 0.6 is 11.3 Å². The van der Waals surface area contributed by atoms with Crippen molar-refractivity contribution >= 4 is 27.2 Å². The van der Waals surface area contributed by atoms with Crippen molar-refractivity contribution in [2.45, 2.75) is 25.8 Å². The summed E-state index contributed by atoms with van der Waals surface area (Å²) in [5.74, 6) is 0.137. The largest absolute Gasteiger partial charge is 0.297 e. The van der Waals surface area contributed by atoms with Crippen LogP contribution in [0.15, 0.2) is 29.6 Å². The van der Waals surface area contributed by atoms with Gasteiger partial charge >= 0.3 is 0 Å². The van der Waals surface area contributed by atoms with Crippen molar-refractivity contribution < 1.29 is 4.79 Å². The number of hydrogen-bond donors (Lipinski definition) is 0. The van der Waals surface area contributed by atoms with Gasteiger partial charge in [0.2, 0.25) is 0 Å². The molecule has 0 amide bonds. The lowest BCUT2D eigenvalue weighted by molar-refractivity contribution is 0.0868. The van der Waals surface area contributed by atoms with Crippen molar-refractivity contribution in [1.82, 2.24) is 4.90 Å². The van der Waals surface area contributed by atoms with Crippen molar-refractivity contribution in [2.24, 2.45) is 0 Å². The van der Waals surface area contributed by atoms with E-state index in [1.54, 1.807) is 11.3 Å². The van der Waals surface area contributed by atoms with Crippen LogP contribution in [0.3, 0.4) is 0 Å². The lowest BCUT2D eigenvalue weighted by atomic mass is 10.0. The molecule has 0 aliphatic rings. The van der Waals surface area contributed by atoms with Crippen LogP contribution in [0.5, 0.6) is 0 Å². The van der Waals surface area contributed by atoms with Crippen LogP contribution in [0.1, 0.15) is 30.1 Å². The Labute approximate surface area is 123 Å². The van der Waals surface area contributed by atoms with Gasteiger partial charge in [-0.25, -0.2) is 0 Å². The summed E-state index contributed by atoms with van der Waals surface area (Å²) in [4.78, 5) is 14.5. The zero-order valence-corrected chi connectivity index (χ0v) is 12.6. The highest BCUT2D eigenvalue weighted by atomic mass is 32.1. The molecular formula is C16H18N2OS. The molecule has 0 radical (unpaired) electrons. The van der Waals surface area contributed by atoms with Crippen LogP contribution in [-0.2, 0) is 0 Å². The number of unbranched alkanes of at least 4 members (excludes halogenated alkanes) is 1. The fraction of sp³-hybridized carbons (Fsp3) is 0.375. The number of likely N-dealkylation sites (N-methyl/N-ethyl adjacent to an activating group) is 1. The molecule has 4 heteroatoms. The molecule has 0 bridgehead atoms. The third-order valence-electron chi connectivity index (χ3n) is 3.58. The molecule has 1 atom stereocenters. The number of ketones is 1. The smallest absolute Gasteiger partial charge is 0.179 e. The first-order valence-corrected chi connectivity index (χ1v) is 7.60. The monoisotopic (exact) mass is 286 g/mol. The van der Waals surface area contributed by atoms with Crippen LogP contribution in [-0.4, -0.2) is 30.3 Å². The minimum absolute atomic E-state index is 0.137. The third kappa shape index (κ3) is 3.24. The Morgan fingerprint density at radius 3 is 3.00 bits per heavy atom. The van der Waals surface area contributed by atoms with Gasteiger partial charge in [0.25, 0.3) is 0 Å². The van der Waals surface area contributed by atoms with Crippen LogP contribution in [0, 0.1) is 11.3 Å². The Bertz CT molecular complexity index is 641. The Morgan fingerprint density at radius 1 is 1.45 bits per heavy atom. The molecule has 1 unspecified atom stereocenters. The van der Waals surface area contributed by atoms with Gasteiger partial charge in [-0.15, -0.1) is 11.3 Å². The van der Waals surface area contributed by atoms with Gasteiger partial charge in [-0.3, -0.25) is 9.69 Å². The molecule has 1 aromatic heterocycles. The van der Waals surface area contributed by atoms with Gasteiger partial charge in [0.05, 0.1) is 12.1 Å². The number of nitriles is 1. The number of Topliss-reactive ketones (excluding diaryl/α,β-unsaturated/α-hetero) is 1. The molecule has 0 spiro atoms. The zero-order chi connectivity index (χ0) is 14.5. The Morgan fingerprint density at radius 2 is 2.25 bits per heavy atom. The van der Waals surface area contributed by atoms with Gasteiger partial charge in [-0.2, -0.15) is 5.26 Å². The van der Waals surface area contributed by atoms with E-state index >= 15 is 0 Å². The Balaban J connectivity index is 2.07. The maximum Gasteiger partial charge on any atom is 0.179 e. The second-order valence-corrected chi connectivity index (χ2v) is 5.90. The standard InChI is InChI=1S/C16H18N2OS/c1-12(18(2)9-4-3-8-17)16(19)14-5-6-15-13(11-14)7-10-20-15/h5-7,10-12H,3-4,9H2,1-2H3. The highest BCUT2D eigenvalue weighted by Gasteiger charge is 2.19. The van der Waals surface area contributed by atoms with Crippen LogP contribution in [0.25, 0.3) is 10.1 Å². The SMILES string of the molecule is CC(C(=O)c1ccc2sccc2c1)N(C)CCCC#N. The first kappa shape index (κ1) is 14.7. The molecule has 0 aliphatic carbocycles. The molecule has 2 aromatic rings. The molecule has 3 nitrogen and oxygen atoms in total. The maximum absolute atomic E-state index is 12.5. The van der Waals surface area contributed by atoms with Crippen LogP contribution in [0.4, 0.5) is 0 Å².